The summed E-state index contributed by atoms with van der Waals surface area (Å²) in [5.41, 5.74) is 5.71. The minimum absolute atomic E-state index is 0.225. The molecule has 0 unspecified atom stereocenters. The first-order valence-electron chi connectivity index (χ1n) is 5.68. The summed E-state index contributed by atoms with van der Waals surface area (Å²) in [7, 11) is 0. The van der Waals surface area contributed by atoms with Gasteiger partial charge in [-0.05, 0) is 13.8 Å². The lowest BCUT2D eigenvalue weighted by Crippen LogP contribution is -1.88. The maximum absolute atomic E-state index is 8.54. The number of aromatic nitrogens is 2. The van der Waals surface area contributed by atoms with Crippen LogP contribution in [0.2, 0.25) is 0 Å². The van der Waals surface area contributed by atoms with E-state index in [2.05, 4.69) is 9.97 Å². The van der Waals surface area contributed by atoms with Gasteiger partial charge in [0, 0.05) is 35.8 Å². The van der Waals surface area contributed by atoms with Gasteiger partial charge in [0.1, 0.15) is 0 Å². The first kappa shape index (κ1) is 15.2. The van der Waals surface area contributed by atoms with E-state index in [-0.39, 0.29) is 13.2 Å². The van der Waals surface area contributed by atoms with Crippen LogP contribution in [0.4, 0.5) is 0 Å². The second kappa shape index (κ2) is 8.31. The SMILES string of the molecule is Cc1ncsc1CCO.Cc1ncsc1CCO. The third-order valence-corrected chi connectivity index (χ3v) is 4.36. The van der Waals surface area contributed by atoms with Gasteiger partial charge in [0.05, 0.1) is 22.4 Å². The van der Waals surface area contributed by atoms with Crippen molar-refractivity contribution in [1.29, 1.82) is 0 Å². The quantitative estimate of drug-likeness (QED) is 0.902. The number of hydrogen-bond acceptors (Lipinski definition) is 6. The van der Waals surface area contributed by atoms with Crippen LogP contribution in [-0.4, -0.2) is 33.4 Å². The highest BCUT2D eigenvalue weighted by Gasteiger charge is 1.98. The fourth-order valence-corrected chi connectivity index (χ4v) is 2.88. The Morgan fingerprint density at radius 3 is 1.50 bits per heavy atom. The molecule has 0 spiro atoms. The minimum atomic E-state index is 0.225. The van der Waals surface area contributed by atoms with E-state index in [0.29, 0.717) is 0 Å². The molecule has 0 aliphatic heterocycles. The average Bonchev–Trinajstić information content (AvgIpc) is 2.92. The molecule has 2 rings (SSSR count). The molecule has 0 bridgehead atoms. The van der Waals surface area contributed by atoms with Crippen molar-refractivity contribution in [2.45, 2.75) is 26.7 Å². The van der Waals surface area contributed by atoms with E-state index < -0.39 is 0 Å². The number of aliphatic hydroxyl groups is 2. The van der Waals surface area contributed by atoms with Gasteiger partial charge in [0.25, 0.3) is 0 Å². The first-order valence-corrected chi connectivity index (χ1v) is 7.44. The van der Waals surface area contributed by atoms with Gasteiger partial charge >= 0.3 is 0 Å². The van der Waals surface area contributed by atoms with Crippen LogP contribution in [-0.2, 0) is 12.8 Å². The molecule has 0 saturated carbocycles. The van der Waals surface area contributed by atoms with Crippen molar-refractivity contribution in [3.8, 4) is 0 Å². The van der Waals surface area contributed by atoms with Crippen LogP contribution in [0.5, 0.6) is 0 Å². The maximum atomic E-state index is 8.54. The van der Waals surface area contributed by atoms with Gasteiger partial charge in [0.2, 0.25) is 0 Å². The molecule has 4 nitrogen and oxygen atoms in total. The Kier molecular flexibility index (Phi) is 7.04. The highest BCUT2D eigenvalue weighted by molar-refractivity contribution is 7.10. The molecule has 2 N–H and O–H groups in total. The van der Waals surface area contributed by atoms with E-state index in [1.807, 2.05) is 13.8 Å². The van der Waals surface area contributed by atoms with Gasteiger partial charge in [0.15, 0.2) is 0 Å². The molecule has 0 aliphatic carbocycles. The highest BCUT2D eigenvalue weighted by atomic mass is 32.1. The largest absolute Gasteiger partial charge is 0.396 e. The van der Waals surface area contributed by atoms with Crippen molar-refractivity contribution < 1.29 is 10.2 Å². The molecule has 18 heavy (non-hydrogen) atoms. The molecule has 2 aromatic rings. The summed E-state index contributed by atoms with van der Waals surface area (Å²) in [6.45, 7) is 4.37. The molecule has 0 aromatic carbocycles. The van der Waals surface area contributed by atoms with E-state index in [1.165, 1.54) is 9.75 Å². The number of aryl methyl sites for hydroxylation is 2. The Morgan fingerprint density at radius 2 is 1.28 bits per heavy atom. The van der Waals surface area contributed by atoms with Gasteiger partial charge in [-0.15, -0.1) is 22.7 Å². The fraction of sp³-hybridized carbons (Fsp3) is 0.500. The third kappa shape index (κ3) is 4.81. The van der Waals surface area contributed by atoms with Crippen molar-refractivity contribution in [3.63, 3.8) is 0 Å². The molecule has 2 heterocycles. The van der Waals surface area contributed by atoms with Crippen LogP contribution in [0.25, 0.3) is 0 Å². The van der Waals surface area contributed by atoms with Crippen LogP contribution in [0.15, 0.2) is 11.0 Å². The van der Waals surface area contributed by atoms with Crippen molar-refractivity contribution in [2.75, 3.05) is 13.2 Å². The number of rotatable bonds is 4. The molecule has 100 valence electrons. The van der Waals surface area contributed by atoms with Crippen molar-refractivity contribution in [3.05, 3.63) is 32.2 Å². The number of hydrogen-bond donors (Lipinski definition) is 2. The molecule has 0 saturated heterocycles. The Bertz CT molecular complexity index is 412. The molecule has 0 aliphatic rings. The Balaban J connectivity index is 0.000000180. The maximum Gasteiger partial charge on any atom is 0.0797 e. The average molecular weight is 286 g/mol. The predicted octanol–water partition coefficient (Wildman–Crippen LogP) is 1.97. The zero-order valence-electron chi connectivity index (χ0n) is 10.6. The fourth-order valence-electron chi connectivity index (χ4n) is 1.34. The lowest BCUT2D eigenvalue weighted by atomic mass is 10.3. The summed E-state index contributed by atoms with van der Waals surface area (Å²) in [5, 5.41) is 17.1. The van der Waals surface area contributed by atoms with Gasteiger partial charge in [-0.1, -0.05) is 0 Å². The highest BCUT2D eigenvalue weighted by Crippen LogP contribution is 2.12. The first-order chi connectivity index (χ1) is 8.69. The van der Waals surface area contributed by atoms with Crippen molar-refractivity contribution >= 4 is 22.7 Å². The molecular weight excluding hydrogens is 268 g/mol. The normalized spacial score (nSPS) is 10.0. The molecule has 6 heteroatoms. The lowest BCUT2D eigenvalue weighted by molar-refractivity contribution is 0.300. The summed E-state index contributed by atoms with van der Waals surface area (Å²) in [5.74, 6) is 0. The molecule has 0 fully saturated rings. The minimum Gasteiger partial charge on any atom is -0.396 e. The van der Waals surface area contributed by atoms with E-state index in [9.17, 15) is 0 Å². The number of thiazole rings is 2. The second-order valence-electron chi connectivity index (χ2n) is 3.67. The van der Waals surface area contributed by atoms with E-state index in [4.69, 9.17) is 10.2 Å². The van der Waals surface area contributed by atoms with Crippen LogP contribution in [0.1, 0.15) is 21.1 Å². The monoisotopic (exact) mass is 286 g/mol. The van der Waals surface area contributed by atoms with E-state index in [1.54, 1.807) is 33.7 Å². The summed E-state index contributed by atoms with van der Waals surface area (Å²) < 4.78 is 0. The molecule has 0 atom stereocenters. The molecule has 0 radical (unpaired) electrons. The Morgan fingerprint density at radius 1 is 0.889 bits per heavy atom. The predicted molar refractivity (Wildman–Crippen MR) is 75.3 cm³/mol. The summed E-state index contributed by atoms with van der Waals surface area (Å²) in [6, 6.07) is 0. The van der Waals surface area contributed by atoms with Crippen molar-refractivity contribution in [1.82, 2.24) is 9.97 Å². The Labute approximate surface area is 115 Å². The molecular formula is C12H18N2O2S2. The Hall–Kier alpha value is -0.820. The van der Waals surface area contributed by atoms with Gasteiger partial charge in [-0.2, -0.15) is 0 Å². The standard InChI is InChI=1S/2C6H9NOS/c2*1-5-6(2-3-8)9-4-7-5/h2*4,8H,2-3H2,1H3. The number of aliphatic hydroxyl groups excluding tert-OH is 2. The lowest BCUT2D eigenvalue weighted by Gasteiger charge is -1.90. The zero-order chi connectivity index (χ0) is 13.4. The molecule has 2 aromatic heterocycles. The number of nitrogens with zero attached hydrogens (tertiary/aromatic N) is 2. The van der Waals surface area contributed by atoms with Crippen molar-refractivity contribution in [2.24, 2.45) is 0 Å². The van der Waals surface area contributed by atoms with Gasteiger partial charge in [-0.3, -0.25) is 0 Å². The van der Waals surface area contributed by atoms with Crippen LogP contribution in [0, 0.1) is 13.8 Å². The zero-order valence-corrected chi connectivity index (χ0v) is 12.2. The third-order valence-electron chi connectivity index (χ3n) is 2.37. The van der Waals surface area contributed by atoms with E-state index in [0.717, 1.165) is 24.2 Å². The second-order valence-corrected chi connectivity index (χ2v) is 5.55. The van der Waals surface area contributed by atoms with Crippen LogP contribution in [0.3, 0.4) is 0 Å². The van der Waals surface area contributed by atoms with Gasteiger partial charge < -0.3 is 10.2 Å². The van der Waals surface area contributed by atoms with Crippen LogP contribution >= 0.6 is 22.7 Å². The molecule has 0 amide bonds. The van der Waals surface area contributed by atoms with E-state index >= 15 is 0 Å². The summed E-state index contributed by atoms with van der Waals surface area (Å²) in [6.07, 6.45) is 1.49. The summed E-state index contributed by atoms with van der Waals surface area (Å²) in [4.78, 5) is 10.5. The van der Waals surface area contributed by atoms with Gasteiger partial charge in [-0.25, -0.2) is 9.97 Å². The van der Waals surface area contributed by atoms with Crippen LogP contribution < -0.4 is 0 Å². The smallest absolute Gasteiger partial charge is 0.0797 e. The summed E-state index contributed by atoms with van der Waals surface area (Å²) >= 11 is 3.21. The topological polar surface area (TPSA) is 66.2 Å².